The summed E-state index contributed by atoms with van der Waals surface area (Å²) in [5.74, 6) is 0.403. The van der Waals surface area contributed by atoms with Crippen molar-refractivity contribution in [1.82, 2.24) is 4.98 Å². The number of aliphatic imine (C=N–C) groups is 1. The molecule has 0 bridgehead atoms. The Morgan fingerprint density at radius 1 is 1.29 bits per heavy atom. The van der Waals surface area contributed by atoms with Crippen molar-refractivity contribution in [1.29, 1.82) is 0 Å². The van der Waals surface area contributed by atoms with Crippen molar-refractivity contribution >= 4 is 35.7 Å². The molecule has 0 aliphatic rings. The van der Waals surface area contributed by atoms with Gasteiger partial charge in [0, 0.05) is 36.7 Å². The Kier molecular flexibility index (Phi) is 6.87. The smallest absolute Gasteiger partial charge is 0.299 e. The summed E-state index contributed by atoms with van der Waals surface area (Å²) in [6, 6.07) is 13.5. The summed E-state index contributed by atoms with van der Waals surface area (Å²) in [5.41, 5.74) is 3.98. The fourth-order valence-electron chi connectivity index (χ4n) is 3.01. The van der Waals surface area contributed by atoms with Gasteiger partial charge in [-0.05, 0) is 49.5 Å². The number of nitrogens with zero attached hydrogens (tertiary/aromatic N) is 3. The van der Waals surface area contributed by atoms with Crippen molar-refractivity contribution in [3.05, 3.63) is 78.2 Å². The average Bonchev–Trinajstić information content (AvgIpc) is 3.22. The van der Waals surface area contributed by atoms with Crippen LogP contribution in [0.1, 0.15) is 27.6 Å². The van der Waals surface area contributed by atoms with E-state index in [0.717, 1.165) is 16.9 Å². The fourth-order valence-corrected chi connectivity index (χ4v) is 3.01. The number of amides is 1. The van der Waals surface area contributed by atoms with Gasteiger partial charge in [0.2, 0.25) is 0 Å². The number of aryl methyl sites for hydroxylation is 1. The Morgan fingerprint density at radius 2 is 2.10 bits per heavy atom. The summed E-state index contributed by atoms with van der Waals surface area (Å²) in [4.78, 5) is 22.9. The van der Waals surface area contributed by atoms with Crippen LogP contribution in [0.3, 0.4) is 0 Å². The minimum Gasteiger partial charge on any atom is -0.428 e. The predicted octanol–water partition coefficient (Wildman–Crippen LogP) is 5.02. The van der Waals surface area contributed by atoms with Gasteiger partial charge in [0.05, 0.1) is 18.7 Å². The lowest BCUT2D eigenvalue weighted by Gasteiger charge is -2.14. The van der Waals surface area contributed by atoms with Crippen molar-refractivity contribution < 1.29 is 9.21 Å². The van der Waals surface area contributed by atoms with Gasteiger partial charge < -0.3 is 20.0 Å². The Balaban J connectivity index is 1.75. The molecule has 0 radical (unpaired) electrons. The van der Waals surface area contributed by atoms with Crippen molar-refractivity contribution in [2.75, 3.05) is 36.2 Å². The molecule has 7 nitrogen and oxygen atoms in total. The lowest BCUT2D eigenvalue weighted by Crippen LogP contribution is -2.14. The lowest BCUT2D eigenvalue weighted by atomic mass is 10.1. The van der Waals surface area contributed by atoms with E-state index in [1.54, 1.807) is 18.3 Å². The lowest BCUT2D eigenvalue weighted by molar-refractivity contribution is 0.102. The molecular formula is C24H27N5O2. The molecule has 0 fully saturated rings. The number of benzene rings is 2. The second-order valence-corrected chi connectivity index (χ2v) is 7.37. The van der Waals surface area contributed by atoms with Gasteiger partial charge in [-0.2, -0.15) is 0 Å². The maximum absolute atomic E-state index is 12.7. The van der Waals surface area contributed by atoms with E-state index in [0.29, 0.717) is 29.6 Å². The van der Waals surface area contributed by atoms with Crippen LogP contribution in [0, 0.1) is 6.92 Å². The topological polar surface area (TPSA) is 82.8 Å². The third-order valence-electron chi connectivity index (χ3n) is 4.86. The van der Waals surface area contributed by atoms with E-state index in [9.17, 15) is 4.79 Å². The Morgan fingerprint density at radius 3 is 2.81 bits per heavy atom. The van der Waals surface area contributed by atoms with E-state index < -0.39 is 0 Å². The van der Waals surface area contributed by atoms with Crippen LogP contribution < -0.4 is 15.5 Å². The third kappa shape index (κ3) is 5.39. The van der Waals surface area contributed by atoms with Gasteiger partial charge >= 0.3 is 0 Å². The van der Waals surface area contributed by atoms with Crippen LogP contribution >= 0.6 is 0 Å². The SMILES string of the molecule is C=CC(CN=C)c1cnc(Nc2cc(NC(=O)c3cccc(N(C)C)c3)ccc2C)o1. The summed E-state index contributed by atoms with van der Waals surface area (Å²) in [6.45, 7) is 9.76. The van der Waals surface area contributed by atoms with Crippen LogP contribution in [0.25, 0.3) is 0 Å². The van der Waals surface area contributed by atoms with Gasteiger partial charge in [-0.25, -0.2) is 4.98 Å². The maximum atomic E-state index is 12.7. The molecule has 1 unspecified atom stereocenters. The van der Waals surface area contributed by atoms with E-state index in [1.165, 1.54) is 0 Å². The van der Waals surface area contributed by atoms with Crippen LogP contribution in [0.5, 0.6) is 0 Å². The summed E-state index contributed by atoms with van der Waals surface area (Å²) in [6.07, 6.45) is 3.41. The number of oxazole rings is 1. The Bertz CT molecular complexity index is 1090. The number of anilines is 4. The molecule has 0 saturated heterocycles. The van der Waals surface area contributed by atoms with Crippen LogP contribution in [-0.4, -0.2) is 38.2 Å². The van der Waals surface area contributed by atoms with Crippen LogP contribution in [0.15, 0.2) is 70.7 Å². The zero-order chi connectivity index (χ0) is 22.4. The van der Waals surface area contributed by atoms with Gasteiger partial charge in [0.25, 0.3) is 11.9 Å². The molecule has 3 rings (SSSR count). The molecule has 31 heavy (non-hydrogen) atoms. The predicted molar refractivity (Wildman–Crippen MR) is 127 cm³/mol. The quantitative estimate of drug-likeness (QED) is 0.377. The van der Waals surface area contributed by atoms with Gasteiger partial charge in [-0.3, -0.25) is 9.79 Å². The van der Waals surface area contributed by atoms with E-state index in [4.69, 9.17) is 4.42 Å². The van der Waals surface area contributed by atoms with Crippen molar-refractivity contribution in [3.8, 4) is 0 Å². The summed E-state index contributed by atoms with van der Waals surface area (Å²) >= 11 is 0. The standard InChI is InChI=1S/C24H27N5O2/c1-6-17(14-25-3)22-15-26-24(31-22)28-21-13-19(11-10-16(21)2)27-23(30)18-8-7-9-20(12-18)29(4)5/h6-13,15,17H,1,3,14H2,2,4-5H3,(H,26,28)(H,27,30). The number of carbonyl (C=O) groups excluding carboxylic acids is 1. The van der Waals surface area contributed by atoms with Gasteiger partial charge in [0.15, 0.2) is 0 Å². The van der Waals surface area contributed by atoms with Crippen molar-refractivity contribution in [2.24, 2.45) is 4.99 Å². The Labute approximate surface area is 182 Å². The molecule has 3 aromatic rings. The summed E-state index contributed by atoms with van der Waals surface area (Å²) in [5, 5.41) is 6.12. The van der Waals surface area contributed by atoms with Crippen LogP contribution in [0.4, 0.5) is 23.1 Å². The number of rotatable bonds is 9. The van der Waals surface area contributed by atoms with E-state index in [-0.39, 0.29) is 11.8 Å². The van der Waals surface area contributed by atoms with Crippen molar-refractivity contribution in [3.63, 3.8) is 0 Å². The largest absolute Gasteiger partial charge is 0.428 e. The number of aromatic nitrogens is 1. The molecule has 2 aromatic carbocycles. The van der Waals surface area contributed by atoms with Crippen molar-refractivity contribution in [2.45, 2.75) is 12.8 Å². The van der Waals surface area contributed by atoms with E-state index in [2.05, 4.69) is 33.9 Å². The summed E-state index contributed by atoms with van der Waals surface area (Å²) in [7, 11) is 3.88. The molecule has 0 aliphatic heterocycles. The minimum absolute atomic E-state index is 0.0785. The average molecular weight is 418 g/mol. The van der Waals surface area contributed by atoms with Crippen LogP contribution in [-0.2, 0) is 0 Å². The first-order valence-corrected chi connectivity index (χ1v) is 9.88. The highest BCUT2D eigenvalue weighted by atomic mass is 16.4. The highest BCUT2D eigenvalue weighted by molar-refractivity contribution is 6.05. The van der Waals surface area contributed by atoms with Crippen LogP contribution in [0.2, 0.25) is 0 Å². The number of carbonyl (C=O) groups is 1. The number of hydrogen-bond donors (Lipinski definition) is 2. The maximum Gasteiger partial charge on any atom is 0.299 e. The molecule has 7 heteroatoms. The molecule has 160 valence electrons. The highest BCUT2D eigenvalue weighted by Crippen LogP contribution is 2.27. The first kappa shape index (κ1) is 21.8. The monoisotopic (exact) mass is 417 g/mol. The molecular weight excluding hydrogens is 390 g/mol. The number of nitrogens with one attached hydrogen (secondary N) is 2. The van der Waals surface area contributed by atoms with E-state index >= 15 is 0 Å². The fraction of sp³-hybridized carbons (Fsp3) is 0.208. The molecule has 1 heterocycles. The highest BCUT2D eigenvalue weighted by Gasteiger charge is 2.14. The normalized spacial score (nSPS) is 11.5. The third-order valence-corrected chi connectivity index (χ3v) is 4.86. The molecule has 0 saturated carbocycles. The van der Waals surface area contributed by atoms with Gasteiger partial charge in [-0.1, -0.05) is 18.2 Å². The molecule has 0 aliphatic carbocycles. The first-order valence-electron chi connectivity index (χ1n) is 9.88. The summed E-state index contributed by atoms with van der Waals surface area (Å²) < 4.78 is 5.80. The number of hydrogen-bond acceptors (Lipinski definition) is 6. The zero-order valence-electron chi connectivity index (χ0n) is 18.1. The Hall–Kier alpha value is -3.87. The van der Waals surface area contributed by atoms with E-state index in [1.807, 2.05) is 62.3 Å². The molecule has 0 spiro atoms. The molecule has 2 N–H and O–H groups in total. The van der Waals surface area contributed by atoms with Gasteiger partial charge in [0.1, 0.15) is 5.76 Å². The minimum atomic E-state index is -0.178. The van der Waals surface area contributed by atoms with Gasteiger partial charge in [-0.15, -0.1) is 6.58 Å². The first-order chi connectivity index (χ1) is 14.9. The molecule has 1 atom stereocenters. The molecule has 1 amide bonds. The second-order valence-electron chi connectivity index (χ2n) is 7.37. The second kappa shape index (κ2) is 9.75. The molecule has 1 aromatic heterocycles. The zero-order valence-corrected chi connectivity index (χ0v) is 18.1.